The fourth-order valence-electron chi connectivity index (χ4n) is 12.2. The molecule has 0 saturated heterocycles. The van der Waals surface area contributed by atoms with E-state index in [1.807, 2.05) is 0 Å². The zero-order chi connectivity index (χ0) is 43.9. The van der Waals surface area contributed by atoms with Crippen molar-refractivity contribution in [2.45, 2.75) is 102 Å². The van der Waals surface area contributed by atoms with Gasteiger partial charge in [0, 0.05) is 0 Å². The number of allylic oxidation sites excluding steroid dienone is 2. The molecule has 1 aliphatic heterocycles. The van der Waals surface area contributed by atoms with Crippen molar-refractivity contribution in [3.63, 3.8) is 0 Å². The van der Waals surface area contributed by atoms with E-state index in [0.29, 0.717) is 0 Å². The van der Waals surface area contributed by atoms with Crippen molar-refractivity contribution in [1.82, 2.24) is 0 Å². The summed E-state index contributed by atoms with van der Waals surface area (Å²) in [5.41, 5.74) is 24.2. The fourth-order valence-corrected chi connectivity index (χ4v) is 40.4. The van der Waals surface area contributed by atoms with Gasteiger partial charge in [-0.15, -0.1) is 0 Å². The molecule has 3 aliphatic rings. The number of fused-ring (bicyclic) bond motifs is 5. The number of benzene rings is 6. The summed E-state index contributed by atoms with van der Waals surface area (Å²) in [7, 11) is 18.1. The van der Waals surface area contributed by atoms with Crippen molar-refractivity contribution in [2.24, 2.45) is 11.8 Å². The Morgan fingerprint density at radius 1 is 0.548 bits per heavy atom. The molecule has 9 rings (SSSR count). The van der Waals surface area contributed by atoms with E-state index >= 15 is 0 Å². The van der Waals surface area contributed by atoms with Crippen molar-refractivity contribution < 1.29 is 16.4 Å². The molecule has 0 amide bonds. The summed E-state index contributed by atoms with van der Waals surface area (Å²) in [6.45, 7) is 23.1. The zero-order valence-electron chi connectivity index (χ0n) is 38.6. The summed E-state index contributed by atoms with van der Waals surface area (Å²) in [4.78, 5) is 0. The Balaban J connectivity index is 1.41. The van der Waals surface area contributed by atoms with Crippen molar-refractivity contribution in [3.05, 3.63) is 170 Å². The Hall–Kier alpha value is -3.52. The number of rotatable bonds is 11. The van der Waals surface area contributed by atoms with Crippen LogP contribution in [0.3, 0.4) is 0 Å². The van der Waals surface area contributed by atoms with Crippen LogP contribution in [0.25, 0.3) is 45.5 Å². The summed E-state index contributed by atoms with van der Waals surface area (Å²) < 4.78 is 1.08. The van der Waals surface area contributed by atoms with Gasteiger partial charge in [0.1, 0.15) is 0 Å². The van der Waals surface area contributed by atoms with E-state index in [0.717, 1.165) is 25.7 Å². The molecule has 1 heterocycles. The van der Waals surface area contributed by atoms with E-state index < -0.39 is 25.9 Å². The van der Waals surface area contributed by atoms with Gasteiger partial charge in [-0.3, -0.25) is 0 Å². The molecule has 2 aliphatic carbocycles. The molecule has 6 aromatic carbocycles. The van der Waals surface area contributed by atoms with E-state index in [2.05, 4.69) is 185 Å². The molecule has 0 aromatic heterocycles. The van der Waals surface area contributed by atoms with Crippen LogP contribution in [0, 0.1) is 39.5 Å². The summed E-state index contributed by atoms with van der Waals surface area (Å²) in [5.74, 6) is 0.492. The molecule has 6 aromatic rings. The van der Waals surface area contributed by atoms with Crippen LogP contribution in [0.1, 0.15) is 117 Å². The second kappa shape index (κ2) is 16.5. The molecule has 0 spiro atoms. The molecule has 2 atom stereocenters. The Bertz CT molecular complexity index is 2670. The third-order valence-corrected chi connectivity index (χ3v) is 37.1. The van der Waals surface area contributed by atoms with Crippen molar-refractivity contribution >= 4 is 52.3 Å². The van der Waals surface area contributed by atoms with Crippen LogP contribution in [0.4, 0.5) is 0 Å². The minimum absolute atomic E-state index is 0.114. The van der Waals surface area contributed by atoms with Gasteiger partial charge < -0.3 is 0 Å². The SMILES string of the molecule is CCCc1ccc2c(c1-c1cc(C)cc(C)c1)C=C(C(C)C)[CH]2[Zr]([Cl])([Cl])([c]1cccc2c1[SiH2]c1ccccc1-2)[CH]1C(C(C)C)=Cc2c1ccc(CCC)c2-c1cc(C)cc(C)c1. The molecule has 4 heteroatoms. The third kappa shape index (κ3) is 7.01. The van der Waals surface area contributed by atoms with Crippen LogP contribution >= 0.6 is 17.0 Å². The normalized spacial score (nSPS) is 17.5. The van der Waals surface area contributed by atoms with Crippen molar-refractivity contribution in [3.8, 4) is 33.4 Å². The number of aryl methyl sites for hydroxylation is 6. The maximum atomic E-state index is 9.51. The molecule has 2 unspecified atom stereocenters. The summed E-state index contributed by atoms with van der Waals surface area (Å²) in [6, 6.07) is 40.2. The average Bonchev–Trinajstić information content (AvgIpc) is 3.93. The topological polar surface area (TPSA) is 0 Å². The van der Waals surface area contributed by atoms with Crippen LogP contribution in [0.5, 0.6) is 0 Å². The Kier molecular flexibility index (Phi) is 11.6. The van der Waals surface area contributed by atoms with Gasteiger partial charge in [0.2, 0.25) is 0 Å². The Labute approximate surface area is 383 Å². The monoisotopic (exact) mass is 947 g/mol. The second-order valence-corrected chi connectivity index (χ2v) is 42.2. The van der Waals surface area contributed by atoms with E-state index in [4.69, 9.17) is 0 Å². The summed E-state index contributed by atoms with van der Waals surface area (Å²) >= 11 is -5.73. The predicted octanol–water partition coefficient (Wildman–Crippen LogP) is 14.5. The van der Waals surface area contributed by atoms with Gasteiger partial charge in [0.15, 0.2) is 0 Å². The molecule has 0 bridgehead atoms. The molecule has 0 nitrogen and oxygen atoms in total. The minimum atomic E-state index is -5.73. The fraction of sp³-hybridized carbons (Fsp3) is 0.310. The van der Waals surface area contributed by atoms with E-state index in [9.17, 15) is 17.0 Å². The van der Waals surface area contributed by atoms with Crippen LogP contribution in [0.2, 0.25) is 0 Å². The summed E-state index contributed by atoms with van der Waals surface area (Å²) in [5, 5.41) is 2.98. The molecular weight excluding hydrogens is 887 g/mol. The van der Waals surface area contributed by atoms with Gasteiger partial charge in [-0.1, -0.05) is 0 Å². The van der Waals surface area contributed by atoms with Crippen molar-refractivity contribution in [2.75, 3.05) is 0 Å². The number of hydrogen-bond acceptors (Lipinski definition) is 0. The van der Waals surface area contributed by atoms with Gasteiger partial charge in [-0.2, -0.15) is 0 Å². The zero-order valence-corrected chi connectivity index (χ0v) is 44.0. The van der Waals surface area contributed by atoms with Gasteiger partial charge in [-0.25, -0.2) is 0 Å². The van der Waals surface area contributed by atoms with Crippen LogP contribution in [0.15, 0.2) is 114 Å². The third-order valence-electron chi connectivity index (χ3n) is 14.5. The Morgan fingerprint density at radius 2 is 1.00 bits per heavy atom. The first-order valence-corrected chi connectivity index (χ1v) is 35.1. The van der Waals surface area contributed by atoms with Gasteiger partial charge >= 0.3 is 386 Å². The first-order chi connectivity index (χ1) is 29.6. The second-order valence-electron chi connectivity index (χ2n) is 19.7. The predicted molar refractivity (Wildman–Crippen MR) is 273 cm³/mol. The Morgan fingerprint density at radius 3 is 1.45 bits per heavy atom. The number of halogens is 2. The van der Waals surface area contributed by atoms with Crippen LogP contribution in [-0.4, -0.2) is 9.52 Å². The molecular formula is C58H63Cl2SiZr. The molecule has 317 valence electrons. The van der Waals surface area contributed by atoms with Crippen LogP contribution in [-0.2, 0) is 29.2 Å². The first-order valence-electron chi connectivity index (χ1n) is 23.3. The molecule has 0 N–H and O–H groups in total. The summed E-state index contributed by atoms with van der Waals surface area (Å²) in [6.07, 6.45) is 9.37. The molecule has 0 radical (unpaired) electrons. The number of hydrogen-bond donors (Lipinski definition) is 0. The van der Waals surface area contributed by atoms with E-state index in [-0.39, 0.29) is 19.1 Å². The van der Waals surface area contributed by atoms with Crippen molar-refractivity contribution in [1.29, 1.82) is 0 Å². The van der Waals surface area contributed by atoms with Gasteiger partial charge in [0.25, 0.3) is 0 Å². The van der Waals surface area contributed by atoms with Crippen LogP contribution < -0.4 is 13.6 Å². The standard InChI is InChI=1S/2C23H27.C12H9Si.2ClH.Zr/c2*1-6-7-18-8-9-19-13-20(15(2)3)14-22(19)23(18)21-11-16(4)10-17(5)12-21;1-3-7-11-9(5-1)10-6-2-4-8-12(10)13-11;;;/h2*8-15H,6-7H2,1-5H3;1-7H,13H2;2*1H;/q;;;;;+2/p-2. The maximum absolute atomic E-state index is 9.51. The van der Waals surface area contributed by atoms with E-state index in [1.54, 1.807) is 0 Å². The van der Waals surface area contributed by atoms with E-state index in [1.165, 1.54) is 114 Å². The molecule has 62 heavy (non-hydrogen) atoms. The quantitative estimate of drug-likeness (QED) is 0.113. The van der Waals surface area contributed by atoms with Gasteiger partial charge in [-0.05, 0) is 0 Å². The molecule has 0 saturated carbocycles. The first kappa shape index (κ1) is 43.7. The molecule has 0 fully saturated rings. The average molecular weight is 950 g/mol. The van der Waals surface area contributed by atoms with Gasteiger partial charge in [0.05, 0.1) is 0 Å².